The van der Waals surface area contributed by atoms with Crippen molar-refractivity contribution in [1.82, 2.24) is 0 Å². The Morgan fingerprint density at radius 3 is 2.82 bits per heavy atom. The van der Waals surface area contributed by atoms with Gasteiger partial charge < -0.3 is 11.1 Å². The fourth-order valence-electron chi connectivity index (χ4n) is 1.31. The molecule has 1 rings (SSSR count). The second-order valence-corrected chi connectivity index (χ2v) is 4.03. The van der Waals surface area contributed by atoms with Gasteiger partial charge in [-0.1, -0.05) is 13.0 Å². The molecule has 0 radical (unpaired) electrons. The third-order valence-electron chi connectivity index (χ3n) is 2.49. The van der Waals surface area contributed by atoms with Crippen LogP contribution in [-0.4, -0.2) is 12.5 Å². The van der Waals surface area contributed by atoms with Crippen molar-refractivity contribution in [1.29, 1.82) is 0 Å². The Bertz CT molecular complexity index is 396. The summed E-state index contributed by atoms with van der Waals surface area (Å²) in [6.45, 7) is 2.43. The molecule has 1 unspecified atom stereocenters. The molecular formula is C12H16F2N2O. The molecule has 0 saturated carbocycles. The third-order valence-corrected chi connectivity index (χ3v) is 2.49. The first-order valence-electron chi connectivity index (χ1n) is 5.48. The molecule has 0 bridgehead atoms. The van der Waals surface area contributed by atoms with Crippen LogP contribution in [0, 0.1) is 17.6 Å². The van der Waals surface area contributed by atoms with Gasteiger partial charge in [-0.15, -0.1) is 0 Å². The van der Waals surface area contributed by atoms with E-state index in [1.54, 1.807) is 0 Å². The molecule has 1 atom stereocenters. The van der Waals surface area contributed by atoms with Gasteiger partial charge in [0, 0.05) is 6.42 Å². The smallest absolute Gasteiger partial charge is 0.224 e. The van der Waals surface area contributed by atoms with Gasteiger partial charge in [0.05, 0.1) is 5.69 Å². The number of hydrogen-bond donors (Lipinski definition) is 2. The second kappa shape index (κ2) is 6.30. The van der Waals surface area contributed by atoms with Crippen LogP contribution in [0.3, 0.4) is 0 Å². The number of carbonyl (C=O) groups is 1. The highest BCUT2D eigenvalue weighted by molar-refractivity contribution is 5.90. The summed E-state index contributed by atoms with van der Waals surface area (Å²) in [5, 5.41) is 2.34. The van der Waals surface area contributed by atoms with Gasteiger partial charge in [0.15, 0.2) is 11.6 Å². The largest absolute Gasteiger partial charge is 0.330 e. The summed E-state index contributed by atoms with van der Waals surface area (Å²) in [5.74, 6) is -2.11. The normalized spacial score (nSPS) is 12.2. The van der Waals surface area contributed by atoms with Gasteiger partial charge in [-0.3, -0.25) is 4.79 Å². The van der Waals surface area contributed by atoms with E-state index in [-0.39, 0.29) is 23.9 Å². The predicted molar refractivity (Wildman–Crippen MR) is 62.4 cm³/mol. The van der Waals surface area contributed by atoms with E-state index in [2.05, 4.69) is 5.32 Å². The molecule has 94 valence electrons. The zero-order chi connectivity index (χ0) is 12.8. The number of hydrogen-bond acceptors (Lipinski definition) is 2. The molecule has 0 aliphatic heterocycles. The fourth-order valence-corrected chi connectivity index (χ4v) is 1.31. The molecule has 0 fully saturated rings. The minimum atomic E-state index is -1.03. The maximum atomic E-state index is 13.2. The Morgan fingerprint density at radius 2 is 2.18 bits per heavy atom. The van der Waals surface area contributed by atoms with Crippen molar-refractivity contribution in [2.24, 2.45) is 11.7 Å². The van der Waals surface area contributed by atoms with Gasteiger partial charge in [0.2, 0.25) is 5.91 Å². The Labute approximate surface area is 99.0 Å². The number of amides is 1. The van der Waals surface area contributed by atoms with Gasteiger partial charge >= 0.3 is 0 Å². The van der Waals surface area contributed by atoms with Crippen LogP contribution in [0.15, 0.2) is 18.2 Å². The van der Waals surface area contributed by atoms with Gasteiger partial charge in [0.25, 0.3) is 0 Å². The third kappa shape index (κ3) is 4.11. The summed E-state index contributed by atoms with van der Waals surface area (Å²) in [4.78, 5) is 11.5. The average Bonchev–Trinajstić information content (AvgIpc) is 2.32. The van der Waals surface area contributed by atoms with E-state index in [9.17, 15) is 13.6 Å². The van der Waals surface area contributed by atoms with E-state index < -0.39 is 11.6 Å². The summed E-state index contributed by atoms with van der Waals surface area (Å²) in [5.41, 5.74) is 5.28. The van der Waals surface area contributed by atoms with E-state index in [0.29, 0.717) is 13.0 Å². The molecule has 1 aromatic carbocycles. The summed E-state index contributed by atoms with van der Waals surface area (Å²) in [6, 6.07) is 3.67. The number of rotatable bonds is 5. The van der Waals surface area contributed by atoms with Crippen molar-refractivity contribution in [3.8, 4) is 0 Å². The molecule has 0 aliphatic rings. The SMILES string of the molecule is CC(CN)CCC(=O)Nc1cccc(F)c1F. The average molecular weight is 242 g/mol. The highest BCUT2D eigenvalue weighted by Gasteiger charge is 2.11. The van der Waals surface area contributed by atoms with E-state index in [1.165, 1.54) is 12.1 Å². The molecule has 1 amide bonds. The summed E-state index contributed by atoms with van der Waals surface area (Å²) >= 11 is 0. The minimum absolute atomic E-state index is 0.129. The minimum Gasteiger partial charge on any atom is -0.330 e. The van der Waals surface area contributed by atoms with Crippen molar-refractivity contribution in [3.63, 3.8) is 0 Å². The predicted octanol–water partition coefficient (Wildman–Crippen LogP) is 2.28. The van der Waals surface area contributed by atoms with E-state index in [4.69, 9.17) is 5.73 Å². The van der Waals surface area contributed by atoms with Crippen molar-refractivity contribution >= 4 is 11.6 Å². The lowest BCUT2D eigenvalue weighted by Gasteiger charge is -2.09. The Hall–Kier alpha value is -1.49. The Morgan fingerprint density at radius 1 is 1.47 bits per heavy atom. The molecule has 0 spiro atoms. The fraction of sp³-hybridized carbons (Fsp3) is 0.417. The van der Waals surface area contributed by atoms with Crippen LogP contribution in [-0.2, 0) is 4.79 Å². The number of anilines is 1. The highest BCUT2D eigenvalue weighted by atomic mass is 19.2. The van der Waals surface area contributed by atoms with Gasteiger partial charge in [-0.25, -0.2) is 8.78 Å². The molecule has 0 heterocycles. The molecule has 0 saturated heterocycles. The lowest BCUT2D eigenvalue weighted by molar-refractivity contribution is -0.116. The molecule has 5 heteroatoms. The van der Waals surface area contributed by atoms with Crippen LogP contribution in [0.5, 0.6) is 0 Å². The standard InChI is InChI=1S/C12H16F2N2O/c1-8(7-15)5-6-11(17)16-10-4-2-3-9(13)12(10)14/h2-4,8H,5-7,15H2,1H3,(H,16,17). The molecule has 1 aromatic rings. The molecule has 0 aromatic heterocycles. The van der Waals surface area contributed by atoms with Gasteiger partial charge in [0.1, 0.15) is 0 Å². The van der Waals surface area contributed by atoms with Crippen molar-refractivity contribution < 1.29 is 13.6 Å². The molecule has 17 heavy (non-hydrogen) atoms. The monoisotopic (exact) mass is 242 g/mol. The van der Waals surface area contributed by atoms with Gasteiger partial charge in [-0.05, 0) is 31.0 Å². The van der Waals surface area contributed by atoms with Crippen molar-refractivity contribution in [3.05, 3.63) is 29.8 Å². The lowest BCUT2D eigenvalue weighted by atomic mass is 10.1. The number of benzene rings is 1. The van der Waals surface area contributed by atoms with Crippen LogP contribution in [0.25, 0.3) is 0 Å². The van der Waals surface area contributed by atoms with Gasteiger partial charge in [-0.2, -0.15) is 0 Å². The van der Waals surface area contributed by atoms with Crippen LogP contribution in [0.2, 0.25) is 0 Å². The highest BCUT2D eigenvalue weighted by Crippen LogP contribution is 2.17. The molecule has 3 N–H and O–H groups in total. The van der Waals surface area contributed by atoms with E-state index >= 15 is 0 Å². The van der Waals surface area contributed by atoms with Crippen molar-refractivity contribution in [2.45, 2.75) is 19.8 Å². The number of nitrogens with two attached hydrogens (primary N) is 1. The maximum Gasteiger partial charge on any atom is 0.224 e. The number of nitrogens with one attached hydrogen (secondary N) is 1. The first-order chi connectivity index (χ1) is 8.04. The van der Waals surface area contributed by atoms with Crippen LogP contribution < -0.4 is 11.1 Å². The zero-order valence-corrected chi connectivity index (χ0v) is 9.67. The second-order valence-electron chi connectivity index (χ2n) is 4.03. The summed E-state index contributed by atoms with van der Waals surface area (Å²) in [6.07, 6.45) is 0.869. The van der Waals surface area contributed by atoms with Crippen LogP contribution in [0.1, 0.15) is 19.8 Å². The maximum absolute atomic E-state index is 13.2. The lowest BCUT2D eigenvalue weighted by Crippen LogP contribution is -2.17. The number of carbonyl (C=O) groups excluding carboxylic acids is 1. The molecule has 0 aliphatic carbocycles. The number of halogens is 2. The van der Waals surface area contributed by atoms with Crippen LogP contribution in [0.4, 0.5) is 14.5 Å². The van der Waals surface area contributed by atoms with E-state index in [1.807, 2.05) is 6.92 Å². The van der Waals surface area contributed by atoms with Crippen LogP contribution >= 0.6 is 0 Å². The first-order valence-corrected chi connectivity index (χ1v) is 5.48. The molecular weight excluding hydrogens is 226 g/mol. The van der Waals surface area contributed by atoms with E-state index in [0.717, 1.165) is 6.07 Å². The Balaban J connectivity index is 2.54. The Kier molecular flexibility index (Phi) is 5.03. The summed E-state index contributed by atoms with van der Waals surface area (Å²) in [7, 11) is 0. The first kappa shape index (κ1) is 13.6. The zero-order valence-electron chi connectivity index (χ0n) is 9.67. The quantitative estimate of drug-likeness (QED) is 0.832. The topological polar surface area (TPSA) is 55.1 Å². The molecule has 3 nitrogen and oxygen atoms in total. The van der Waals surface area contributed by atoms with Crippen molar-refractivity contribution in [2.75, 3.05) is 11.9 Å². The summed E-state index contributed by atoms with van der Waals surface area (Å²) < 4.78 is 26.1.